The van der Waals surface area contributed by atoms with E-state index in [2.05, 4.69) is 16.8 Å². The summed E-state index contributed by atoms with van der Waals surface area (Å²) >= 11 is 0. The van der Waals surface area contributed by atoms with Gasteiger partial charge in [0.2, 0.25) is 5.91 Å². The van der Waals surface area contributed by atoms with Gasteiger partial charge in [-0.15, -0.1) is 0 Å². The van der Waals surface area contributed by atoms with Gasteiger partial charge in [0.25, 0.3) is 0 Å². The van der Waals surface area contributed by atoms with Crippen LogP contribution in [0.4, 0.5) is 0 Å². The molecule has 0 fully saturated rings. The van der Waals surface area contributed by atoms with E-state index in [1.807, 2.05) is 6.92 Å². The van der Waals surface area contributed by atoms with Crippen molar-refractivity contribution in [3.8, 4) is 0 Å². The average Bonchev–Trinajstić information content (AvgIpc) is 3.04. The highest BCUT2D eigenvalue weighted by atomic mass is 32.2. The highest BCUT2D eigenvalue weighted by Crippen LogP contribution is 2.30. The van der Waals surface area contributed by atoms with Gasteiger partial charge >= 0.3 is 0 Å². The van der Waals surface area contributed by atoms with Crippen molar-refractivity contribution in [2.75, 3.05) is 5.75 Å². The molecule has 1 aliphatic carbocycles. The molecular formula is C19H26N2O4S. The molecule has 0 aromatic carbocycles. The second kappa shape index (κ2) is 7.39. The number of carbonyl (C=O) groups is 2. The van der Waals surface area contributed by atoms with Crippen LogP contribution in [0.1, 0.15) is 59.9 Å². The molecule has 0 saturated heterocycles. The van der Waals surface area contributed by atoms with Crippen LogP contribution in [-0.4, -0.2) is 36.5 Å². The summed E-state index contributed by atoms with van der Waals surface area (Å²) < 4.78 is 25.2. The van der Waals surface area contributed by atoms with E-state index in [0.717, 1.165) is 60.2 Å². The number of ketones is 1. The Kier molecular flexibility index (Phi) is 5.37. The lowest BCUT2D eigenvalue weighted by molar-refractivity contribution is -0.120. The molecule has 7 heteroatoms. The van der Waals surface area contributed by atoms with E-state index < -0.39 is 15.9 Å². The van der Waals surface area contributed by atoms with Gasteiger partial charge in [-0.05, 0) is 37.8 Å². The quantitative estimate of drug-likeness (QED) is 0.821. The minimum absolute atomic E-state index is 0.0910. The Morgan fingerprint density at radius 3 is 2.77 bits per heavy atom. The third kappa shape index (κ3) is 3.77. The number of nitrogens with zero attached hydrogens (tertiary/aromatic N) is 1. The molecule has 1 atom stereocenters. The molecule has 3 rings (SSSR count). The van der Waals surface area contributed by atoms with Crippen molar-refractivity contribution < 1.29 is 18.0 Å². The maximum absolute atomic E-state index is 12.5. The molecular weight excluding hydrogens is 352 g/mol. The summed E-state index contributed by atoms with van der Waals surface area (Å²) in [7, 11) is -3.20. The van der Waals surface area contributed by atoms with Gasteiger partial charge in [0.15, 0.2) is 15.6 Å². The number of sulfone groups is 1. The van der Waals surface area contributed by atoms with Gasteiger partial charge in [-0.1, -0.05) is 13.3 Å². The molecule has 2 aliphatic rings. The number of unbranched alkanes of at least 4 members (excludes halogenated alkanes) is 1. The Labute approximate surface area is 154 Å². The lowest BCUT2D eigenvalue weighted by Gasteiger charge is -2.15. The van der Waals surface area contributed by atoms with E-state index in [9.17, 15) is 18.0 Å². The summed E-state index contributed by atoms with van der Waals surface area (Å²) in [5.74, 6) is -0.212. The molecule has 0 radical (unpaired) electrons. The van der Waals surface area contributed by atoms with Gasteiger partial charge in [-0.3, -0.25) is 9.59 Å². The van der Waals surface area contributed by atoms with E-state index in [4.69, 9.17) is 0 Å². The SMILES string of the molecule is CCCCn1c(C)c(CC(=O)N[C@@H]2C=CS(=O)(=O)C2)c2c1CCCC2=O. The number of amides is 1. The first-order valence-corrected chi connectivity index (χ1v) is 11.0. The first-order valence-electron chi connectivity index (χ1n) is 9.26. The normalized spacial score (nSPS) is 21.0. The summed E-state index contributed by atoms with van der Waals surface area (Å²) in [5, 5.41) is 3.91. The van der Waals surface area contributed by atoms with E-state index in [-0.39, 0.29) is 23.9 Å². The van der Waals surface area contributed by atoms with Crippen molar-refractivity contribution in [1.29, 1.82) is 0 Å². The summed E-state index contributed by atoms with van der Waals surface area (Å²) in [4.78, 5) is 25.0. The Morgan fingerprint density at radius 1 is 1.35 bits per heavy atom. The maximum Gasteiger partial charge on any atom is 0.225 e. The van der Waals surface area contributed by atoms with Gasteiger partial charge in [0, 0.05) is 35.3 Å². The van der Waals surface area contributed by atoms with Crippen LogP contribution in [-0.2, 0) is 34.0 Å². The Bertz CT molecular complexity index is 865. The van der Waals surface area contributed by atoms with E-state index in [1.165, 1.54) is 6.08 Å². The van der Waals surface area contributed by atoms with Crippen LogP contribution in [0.2, 0.25) is 0 Å². The topological polar surface area (TPSA) is 85.2 Å². The number of hydrogen-bond donors (Lipinski definition) is 1. The van der Waals surface area contributed by atoms with Crippen LogP contribution in [0.15, 0.2) is 11.5 Å². The number of carbonyl (C=O) groups excluding carboxylic acids is 2. The molecule has 1 N–H and O–H groups in total. The Morgan fingerprint density at radius 2 is 2.12 bits per heavy atom. The van der Waals surface area contributed by atoms with Crippen molar-refractivity contribution in [1.82, 2.24) is 9.88 Å². The molecule has 142 valence electrons. The highest BCUT2D eigenvalue weighted by molar-refractivity contribution is 7.94. The molecule has 1 aliphatic heterocycles. The number of rotatable bonds is 6. The third-order valence-electron chi connectivity index (χ3n) is 5.20. The summed E-state index contributed by atoms with van der Waals surface area (Å²) in [5.41, 5.74) is 3.60. The van der Waals surface area contributed by atoms with Crippen molar-refractivity contribution in [2.45, 2.75) is 65.0 Å². The number of fused-ring (bicyclic) bond motifs is 1. The van der Waals surface area contributed by atoms with Crippen LogP contribution < -0.4 is 5.32 Å². The second-order valence-corrected chi connectivity index (χ2v) is 9.11. The number of Topliss-reactive ketones (excluding diaryl/α,β-unsaturated/α-hetero) is 1. The standard InChI is InChI=1S/C19H26N2O4S/c1-3-4-9-21-13(2)15(19-16(21)6-5-7-17(19)22)11-18(23)20-14-8-10-26(24,25)12-14/h8,10,14H,3-7,9,11-12H2,1-2H3,(H,20,23)/t14-/m1/s1. The predicted octanol–water partition coefficient (Wildman–Crippen LogP) is 2.09. The molecule has 1 aromatic rings. The van der Waals surface area contributed by atoms with Gasteiger partial charge in [-0.2, -0.15) is 0 Å². The summed E-state index contributed by atoms with van der Waals surface area (Å²) in [6, 6.07) is -0.485. The van der Waals surface area contributed by atoms with Gasteiger partial charge < -0.3 is 9.88 Å². The van der Waals surface area contributed by atoms with Gasteiger partial charge in [-0.25, -0.2) is 8.42 Å². The molecule has 0 saturated carbocycles. The molecule has 1 aromatic heterocycles. The average molecular weight is 378 g/mol. The van der Waals surface area contributed by atoms with E-state index in [0.29, 0.717) is 6.42 Å². The van der Waals surface area contributed by atoms with Crippen molar-refractivity contribution >= 4 is 21.5 Å². The van der Waals surface area contributed by atoms with Crippen LogP contribution in [0, 0.1) is 6.92 Å². The number of hydrogen-bond acceptors (Lipinski definition) is 4. The molecule has 0 spiro atoms. The Hall–Kier alpha value is -1.89. The summed E-state index contributed by atoms with van der Waals surface area (Å²) in [6.07, 6.45) is 5.98. The van der Waals surface area contributed by atoms with Crippen LogP contribution >= 0.6 is 0 Å². The smallest absolute Gasteiger partial charge is 0.225 e. The third-order valence-corrected chi connectivity index (χ3v) is 6.60. The fourth-order valence-corrected chi connectivity index (χ4v) is 5.14. The van der Waals surface area contributed by atoms with Crippen LogP contribution in [0.3, 0.4) is 0 Å². The van der Waals surface area contributed by atoms with E-state index in [1.54, 1.807) is 0 Å². The zero-order valence-corrected chi connectivity index (χ0v) is 16.2. The lowest BCUT2D eigenvalue weighted by atomic mass is 9.92. The minimum Gasteiger partial charge on any atom is -0.349 e. The number of aromatic nitrogens is 1. The first-order chi connectivity index (χ1) is 12.3. The number of nitrogens with one attached hydrogen (secondary N) is 1. The molecule has 6 nitrogen and oxygen atoms in total. The fraction of sp³-hybridized carbons (Fsp3) is 0.579. The molecule has 1 amide bonds. The van der Waals surface area contributed by atoms with Crippen molar-refractivity contribution in [2.24, 2.45) is 0 Å². The van der Waals surface area contributed by atoms with Gasteiger partial charge in [0.1, 0.15) is 0 Å². The highest BCUT2D eigenvalue weighted by Gasteiger charge is 2.30. The zero-order chi connectivity index (χ0) is 18.9. The monoisotopic (exact) mass is 378 g/mol. The molecule has 0 unspecified atom stereocenters. The lowest BCUT2D eigenvalue weighted by Crippen LogP contribution is -2.36. The first kappa shape index (κ1) is 18.9. The van der Waals surface area contributed by atoms with E-state index >= 15 is 0 Å². The zero-order valence-electron chi connectivity index (χ0n) is 15.4. The van der Waals surface area contributed by atoms with Crippen molar-refractivity contribution in [3.05, 3.63) is 34.0 Å². The second-order valence-electron chi connectivity index (χ2n) is 7.18. The largest absolute Gasteiger partial charge is 0.349 e. The molecule has 26 heavy (non-hydrogen) atoms. The minimum atomic E-state index is -3.20. The van der Waals surface area contributed by atoms with Gasteiger partial charge in [0.05, 0.1) is 18.2 Å². The fourth-order valence-electron chi connectivity index (χ4n) is 3.91. The molecule has 0 bridgehead atoms. The summed E-state index contributed by atoms with van der Waals surface area (Å²) in [6.45, 7) is 4.97. The van der Waals surface area contributed by atoms with Crippen LogP contribution in [0.5, 0.6) is 0 Å². The molecule has 2 heterocycles. The predicted molar refractivity (Wildman–Crippen MR) is 99.9 cm³/mol. The van der Waals surface area contributed by atoms with Crippen LogP contribution in [0.25, 0.3) is 0 Å². The maximum atomic E-state index is 12.5. The van der Waals surface area contributed by atoms with Crippen molar-refractivity contribution in [3.63, 3.8) is 0 Å². The Balaban J connectivity index is 1.83.